The highest BCUT2D eigenvalue weighted by atomic mass is 19.4. The minimum absolute atomic E-state index is 0.0992. The van der Waals surface area contributed by atoms with Crippen molar-refractivity contribution in [3.63, 3.8) is 0 Å². The molecule has 0 bridgehead atoms. The number of aromatic nitrogens is 5. The first kappa shape index (κ1) is 23.7. The van der Waals surface area contributed by atoms with Gasteiger partial charge in [0.1, 0.15) is 11.7 Å². The number of carbonyl (C=O) groups is 1. The van der Waals surface area contributed by atoms with E-state index in [4.69, 9.17) is 0 Å². The second kappa shape index (κ2) is 8.86. The Labute approximate surface area is 202 Å². The van der Waals surface area contributed by atoms with E-state index < -0.39 is 23.2 Å². The van der Waals surface area contributed by atoms with Gasteiger partial charge in [-0.15, -0.1) is 0 Å². The Balaban J connectivity index is 1.35. The quantitative estimate of drug-likeness (QED) is 0.464. The molecule has 0 atom stereocenters. The fourth-order valence-corrected chi connectivity index (χ4v) is 4.32. The highest BCUT2D eigenvalue weighted by molar-refractivity contribution is 5.82. The standard InChI is InChI=1S/C24H21F3N6O3/c25-24(26,27)22(35)31-10-8-23(36,9-11-31)14-32-15-29-20-18(21(32)34)13-30-33(20)17-6-7-19(28-12-17)16-4-2-1-3-5-16/h1-7,12-13,15,36H,8-11,14H2. The topological polar surface area (TPSA) is 106 Å². The Bertz CT molecular complexity index is 1460. The van der Waals surface area contributed by atoms with Crippen LogP contribution >= 0.6 is 0 Å². The lowest BCUT2D eigenvalue weighted by Crippen LogP contribution is -2.52. The molecule has 12 heteroatoms. The highest BCUT2D eigenvalue weighted by Crippen LogP contribution is 2.27. The predicted molar refractivity (Wildman–Crippen MR) is 123 cm³/mol. The zero-order chi connectivity index (χ0) is 25.5. The monoisotopic (exact) mass is 498 g/mol. The second-order valence-corrected chi connectivity index (χ2v) is 8.75. The van der Waals surface area contributed by atoms with E-state index in [-0.39, 0.29) is 37.9 Å². The number of halogens is 3. The summed E-state index contributed by atoms with van der Waals surface area (Å²) in [7, 11) is 0. The van der Waals surface area contributed by atoms with Crippen LogP contribution in [0.5, 0.6) is 0 Å². The van der Waals surface area contributed by atoms with Gasteiger partial charge in [-0.3, -0.25) is 19.1 Å². The molecule has 1 aromatic carbocycles. The van der Waals surface area contributed by atoms with Crippen molar-refractivity contribution in [2.24, 2.45) is 0 Å². The first-order valence-electron chi connectivity index (χ1n) is 11.2. The molecule has 1 fully saturated rings. The van der Waals surface area contributed by atoms with Gasteiger partial charge in [0.2, 0.25) is 0 Å². The molecule has 4 heterocycles. The molecule has 1 amide bonds. The van der Waals surface area contributed by atoms with Crippen molar-refractivity contribution in [3.8, 4) is 16.9 Å². The van der Waals surface area contributed by atoms with Crippen molar-refractivity contribution < 1.29 is 23.1 Å². The highest BCUT2D eigenvalue weighted by Gasteiger charge is 2.45. The lowest BCUT2D eigenvalue weighted by Gasteiger charge is -2.38. The van der Waals surface area contributed by atoms with E-state index in [9.17, 15) is 27.9 Å². The fraction of sp³-hybridized carbons (Fsp3) is 0.292. The van der Waals surface area contributed by atoms with Gasteiger partial charge in [0, 0.05) is 18.7 Å². The van der Waals surface area contributed by atoms with Gasteiger partial charge in [0.15, 0.2) is 5.65 Å². The number of piperidine rings is 1. The van der Waals surface area contributed by atoms with Crippen molar-refractivity contribution in [2.45, 2.75) is 31.2 Å². The number of carbonyl (C=O) groups excluding carboxylic acids is 1. The van der Waals surface area contributed by atoms with E-state index in [1.54, 1.807) is 6.20 Å². The number of aliphatic hydroxyl groups is 1. The Morgan fingerprint density at radius 1 is 1.03 bits per heavy atom. The molecule has 0 spiro atoms. The first-order valence-corrected chi connectivity index (χ1v) is 11.2. The van der Waals surface area contributed by atoms with E-state index in [0.717, 1.165) is 11.3 Å². The van der Waals surface area contributed by atoms with Crippen molar-refractivity contribution in [1.82, 2.24) is 29.2 Å². The van der Waals surface area contributed by atoms with E-state index in [1.807, 2.05) is 42.5 Å². The molecule has 1 saturated heterocycles. The lowest BCUT2D eigenvalue weighted by atomic mass is 9.91. The summed E-state index contributed by atoms with van der Waals surface area (Å²) in [5.74, 6) is -1.93. The molecule has 4 aromatic rings. The summed E-state index contributed by atoms with van der Waals surface area (Å²) in [6.45, 7) is -0.687. The molecule has 5 rings (SSSR count). The second-order valence-electron chi connectivity index (χ2n) is 8.75. The Morgan fingerprint density at radius 2 is 1.75 bits per heavy atom. The number of rotatable bonds is 4. The van der Waals surface area contributed by atoms with Crippen molar-refractivity contribution in [3.05, 3.63) is 71.5 Å². The molecule has 1 aliphatic heterocycles. The molecular formula is C24H21F3N6O3. The number of hydrogen-bond acceptors (Lipinski definition) is 6. The number of likely N-dealkylation sites (tertiary alicyclic amines) is 1. The Morgan fingerprint density at radius 3 is 2.39 bits per heavy atom. The van der Waals surface area contributed by atoms with Crippen LogP contribution in [0.1, 0.15) is 12.8 Å². The maximum Gasteiger partial charge on any atom is 0.471 e. The number of fused-ring (bicyclic) bond motifs is 1. The molecule has 186 valence electrons. The minimum Gasteiger partial charge on any atom is -0.388 e. The van der Waals surface area contributed by atoms with Crippen LogP contribution in [0.25, 0.3) is 28.0 Å². The molecule has 36 heavy (non-hydrogen) atoms. The van der Waals surface area contributed by atoms with Crippen LogP contribution < -0.4 is 5.56 Å². The van der Waals surface area contributed by atoms with Gasteiger partial charge in [-0.05, 0) is 25.0 Å². The van der Waals surface area contributed by atoms with Crippen LogP contribution in [0.3, 0.4) is 0 Å². The zero-order valence-corrected chi connectivity index (χ0v) is 18.9. The molecule has 0 unspecified atom stereocenters. The first-order chi connectivity index (χ1) is 17.1. The summed E-state index contributed by atoms with van der Waals surface area (Å²) >= 11 is 0. The third-order valence-corrected chi connectivity index (χ3v) is 6.31. The van der Waals surface area contributed by atoms with Gasteiger partial charge >= 0.3 is 12.1 Å². The number of nitrogens with zero attached hydrogens (tertiary/aromatic N) is 6. The average Bonchev–Trinajstić information content (AvgIpc) is 3.31. The smallest absolute Gasteiger partial charge is 0.388 e. The van der Waals surface area contributed by atoms with Crippen molar-refractivity contribution in [2.75, 3.05) is 13.1 Å². The van der Waals surface area contributed by atoms with Crippen molar-refractivity contribution in [1.29, 1.82) is 0 Å². The van der Waals surface area contributed by atoms with Gasteiger partial charge < -0.3 is 10.0 Å². The molecule has 1 N–H and O–H groups in total. The van der Waals surface area contributed by atoms with E-state index in [1.165, 1.54) is 21.8 Å². The fourth-order valence-electron chi connectivity index (χ4n) is 4.32. The number of amides is 1. The van der Waals surface area contributed by atoms with Gasteiger partial charge in [-0.1, -0.05) is 30.3 Å². The SMILES string of the molecule is O=C(N1CCC(O)(Cn2cnc3c(cnn3-c3ccc(-c4ccccc4)nc3)c2=O)CC1)C(F)(F)F. The number of pyridine rings is 1. The molecule has 0 saturated carbocycles. The molecule has 3 aromatic heterocycles. The summed E-state index contributed by atoms with van der Waals surface area (Å²) in [4.78, 5) is 34.0. The van der Waals surface area contributed by atoms with Crippen molar-refractivity contribution >= 4 is 16.9 Å². The average molecular weight is 498 g/mol. The lowest BCUT2D eigenvalue weighted by molar-refractivity contribution is -0.188. The van der Waals surface area contributed by atoms with E-state index in [0.29, 0.717) is 16.2 Å². The van der Waals surface area contributed by atoms with E-state index >= 15 is 0 Å². The van der Waals surface area contributed by atoms with Crippen LogP contribution in [0, 0.1) is 0 Å². The van der Waals surface area contributed by atoms with Gasteiger partial charge in [-0.25, -0.2) is 9.67 Å². The largest absolute Gasteiger partial charge is 0.471 e. The summed E-state index contributed by atoms with van der Waals surface area (Å²) in [5, 5.41) is 15.4. The Hall–Kier alpha value is -4.06. The molecule has 0 aliphatic carbocycles. The molecule has 1 aliphatic rings. The summed E-state index contributed by atoms with van der Waals surface area (Å²) in [5.41, 5.74) is 0.763. The Kier molecular flexibility index (Phi) is 5.83. The van der Waals surface area contributed by atoms with Crippen LogP contribution in [0.4, 0.5) is 13.2 Å². The van der Waals surface area contributed by atoms with Gasteiger partial charge in [0.25, 0.3) is 5.56 Å². The van der Waals surface area contributed by atoms with Crippen LogP contribution in [0.2, 0.25) is 0 Å². The molecule has 0 radical (unpaired) electrons. The third kappa shape index (κ3) is 4.47. The maximum atomic E-state index is 13.1. The molecule has 9 nitrogen and oxygen atoms in total. The minimum atomic E-state index is -4.96. The molecular weight excluding hydrogens is 477 g/mol. The summed E-state index contributed by atoms with van der Waals surface area (Å²) < 4.78 is 40.7. The van der Waals surface area contributed by atoms with E-state index in [2.05, 4.69) is 15.1 Å². The summed E-state index contributed by atoms with van der Waals surface area (Å²) in [6.07, 6.45) is -0.879. The van der Waals surface area contributed by atoms with Crippen LogP contribution in [0.15, 0.2) is 66.0 Å². The number of benzene rings is 1. The van der Waals surface area contributed by atoms with Gasteiger partial charge in [-0.2, -0.15) is 18.3 Å². The third-order valence-electron chi connectivity index (χ3n) is 6.31. The summed E-state index contributed by atoms with van der Waals surface area (Å²) in [6, 6.07) is 13.3. The number of alkyl halides is 3. The predicted octanol–water partition coefficient (Wildman–Crippen LogP) is 2.56. The van der Waals surface area contributed by atoms with Crippen LogP contribution in [-0.2, 0) is 11.3 Å². The number of hydrogen-bond donors (Lipinski definition) is 1. The van der Waals surface area contributed by atoms with Crippen LogP contribution in [-0.4, -0.2) is 65.1 Å². The van der Waals surface area contributed by atoms with Gasteiger partial charge in [0.05, 0.1) is 35.9 Å². The zero-order valence-electron chi connectivity index (χ0n) is 18.9. The normalized spacial score (nSPS) is 15.8. The maximum absolute atomic E-state index is 13.1.